The first-order valence-electron chi connectivity index (χ1n) is 3.82. The Kier molecular flexibility index (Phi) is 6.53. The molecule has 0 bridgehead atoms. The average molecular weight is 209 g/mol. The van der Waals surface area contributed by atoms with Gasteiger partial charge in [0.1, 0.15) is 0 Å². The number of rotatable bonds is 6. The minimum absolute atomic E-state index is 0.525. The van der Waals surface area contributed by atoms with Gasteiger partial charge in [0.05, 0.1) is 0 Å². The van der Waals surface area contributed by atoms with Crippen LogP contribution >= 0.6 is 0 Å². The van der Waals surface area contributed by atoms with Crippen LogP contribution in [0.2, 0.25) is 9.95 Å². The molecule has 0 aromatic heterocycles. The van der Waals surface area contributed by atoms with E-state index in [1.807, 2.05) is 5.23 Å². The summed E-state index contributed by atoms with van der Waals surface area (Å²) in [5, 5.41) is 2.03. The van der Waals surface area contributed by atoms with E-state index < -0.39 is 17.4 Å². The van der Waals surface area contributed by atoms with E-state index in [9.17, 15) is 4.79 Å². The van der Waals surface area contributed by atoms with Crippen LogP contribution in [0.25, 0.3) is 0 Å². The van der Waals surface area contributed by atoms with Crippen molar-refractivity contribution in [2.75, 3.05) is 20.8 Å². The second-order valence-corrected chi connectivity index (χ2v) is 8.22. The summed E-state index contributed by atoms with van der Waals surface area (Å²) in [7, 11) is 3.35. The quantitative estimate of drug-likeness (QED) is 0.288. The van der Waals surface area contributed by atoms with Gasteiger partial charge < -0.3 is 0 Å². The van der Waals surface area contributed by atoms with E-state index in [4.69, 9.17) is 6.64 Å². The molecule has 0 aliphatic heterocycles. The molecule has 5 heteroatoms. The van der Waals surface area contributed by atoms with Crippen LogP contribution in [0, 0.1) is 0 Å². The van der Waals surface area contributed by atoms with Gasteiger partial charge in [-0.15, -0.1) is 0 Å². The number of hydrogen-bond donors (Lipinski definition) is 0. The molecule has 0 N–H and O–H groups in total. The van der Waals surface area contributed by atoms with E-state index >= 15 is 0 Å². The molecule has 0 saturated heterocycles. The maximum absolute atomic E-state index is 9.73. The SMILES string of the molecule is C[O][Ti]([CH3])([CH2]CCN=C=O)[O]C. The van der Waals surface area contributed by atoms with Crippen molar-refractivity contribution in [3.8, 4) is 0 Å². The topological polar surface area (TPSA) is 47.9 Å². The third-order valence-electron chi connectivity index (χ3n) is 1.83. The molecule has 0 fully saturated rings. The summed E-state index contributed by atoms with van der Waals surface area (Å²) in [6.45, 7) is 0.525. The van der Waals surface area contributed by atoms with Crippen molar-refractivity contribution >= 4 is 6.08 Å². The first-order valence-corrected chi connectivity index (χ1v) is 7.76. The summed E-state index contributed by atoms with van der Waals surface area (Å²) in [5.74, 6) is 0. The Morgan fingerprint density at radius 2 is 2.00 bits per heavy atom. The van der Waals surface area contributed by atoms with Gasteiger partial charge in [-0.05, 0) is 0 Å². The molecule has 0 aliphatic carbocycles. The second-order valence-electron chi connectivity index (χ2n) is 2.62. The van der Waals surface area contributed by atoms with Crippen LogP contribution in [-0.4, -0.2) is 26.8 Å². The number of nitrogens with zero attached hydrogens (tertiary/aromatic N) is 1. The van der Waals surface area contributed by atoms with Crippen LogP contribution in [0.15, 0.2) is 4.99 Å². The van der Waals surface area contributed by atoms with Crippen molar-refractivity contribution in [2.24, 2.45) is 4.99 Å². The van der Waals surface area contributed by atoms with Crippen molar-refractivity contribution < 1.29 is 28.8 Å². The molecule has 0 aliphatic rings. The van der Waals surface area contributed by atoms with Gasteiger partial charge in [0.25, 0.3) is 0 Å². The summed E-state index contributed by atoms with van der Waals surface area (Å²) in [4.78, 5) is 13.2. The van der Waals surface area contributed by atoms with Crippen molar-refractivity contribution in [2.45, 2.75) is 16.4 Å². The van der Waals surface area contributed by atoms with E-state index in [-0.39, 0.29) is 0 Å². The van der Waals surface area contributed by atoms with Gasteiger partial charge in [0.15, 0.2) is 0 Å². The molecule has 0 radical (unpaired) electrons. The van der Waals surface area contributed by atoms with Crippen LogP contribution < -0.4 is 0 Å². The molecule has 0 saturated carbocycles. The first kappa shape index (κ1) is 12.0. The number of hydrogen-bond acceptors (Lipinski definition) is 4. The van der Waals surface area contributed by atoms with Crippen LogP contribution in [0.4, 0.5) is 0 Å². The van der Waals surface area contributed by atoms with Crippen molar-refractivity contribution in [1.29, 1.82) is 0 Å². The minimum atomic E-state index is -2.42. The summed E-state index contributed by atoms with van der Waals surface area (Å²) in [6, 6.07) is 0. The van der Waals surface area contributed by atoms with Gasteiger partial charge in [-0.3, -0.25) is 0 Å². The molecule has 0 unspecified atom stereocenters. The van der Waals surface area contributed by atoms with Crippen molar-refractivity contribution in [3.05, 3.63) is 0 Å². The number of isocyanates is 1. The monoisotopic (exact) mass is 209 g/mol. The summed E-state index contributed by atoms with van der Waals surface area (Å²) in [5.41, 5.74) is 0. The molecule has 0 spiro atoms. The molecule has 0 aromatic rings. The molecular weight excluding hydrogens is 194 g/mol. The Morgan fingerprint density at radius 3 is 2.42 bits per heavy atom. The van der Waals surface area contributed by atoms with Crippen LogP contribution in [0.1, 0.15) is 6.42 Å². The summed E-state index contributed by atoms with van der Waals surface area (Å²) >= 11 is -2.42. The standard InChI is InChI=1S/C4H6NO.2CH3O.CH3.Ti/c1-2-3-5-4-6;2*1-2;;/h1-3H2;2*1H3;1H3;/q;2*-1;;+2. The normalized spacial score (nSPS) is 10.9. The fourth-order valence-corrected chi connectivity index (χ4v) is 2.96. The van der Waals surface area contributed by atoms with Crippen molar-refractivity contribution in [3.63, 3.8) is 0 Å². The van der Waals surface area contributed by atoms with Crippen molar-refractivity contribution in [1.82, 2.24) is 0 Å². The van der Waals surface area contributed by atoms with Gasteiger partial charge in [0, 0.05) is 0 Å². The molecule has 12 heavy (non-hydrogen) atoms. The Morgan fingerprint density at radius 1 is 1.42 bits per heavy atom. The Hall–Kier alpha value is 0.0143. The zero-order valence-corrected chi connectivity index (χ0v) is 9.35. The van der Waals surface area contributed by atoms with E-state index in [0.717, 1.165) is 11.1 Å². The molecule has 0 amide bonds. The molecular formula is C7H15NO3Ti. The van der Waals surface area contributed by atoms with Gasteiger partial charge >= 0.3 is 77.0 Å². The van der Waals surface area contributed by atoms with E-state index in [2.05, 4.69) is 4.99 Å². The zero-order chi connectivity index (χ0) is 9.45. The maximum atomic E-state index is 9.73. The fourth-order valence-electron chi connectivity index (χ4n) is 0.812. The fraction of sp³-hybridized carbons (Fsp3) is 0.857. The van der Waals surface area contributed by atoms with Gasteiger partial charge in [-0.2, -0.15) is 0 Å². The molecule has 70 valence electrons. The average Bonchev–Trinajstić information content (AvgIpc) is 2.12. The second kappa shape index (κ2) is 6.52. The zero-order valence-electron chi connectivity index (χ0n) is 7.79. The first-order chi connectivity index (χ1) is 5.68. The van der Waals surface area contributed by atoms with Crippen LogP contribution in [0.3, 0.4) is 0 Å². The van der Waals surface area contributed by atoms with E-state index in [1.165, 1.54) is 6.08 Å². The summed E-state index contributed by atoms with van der Waals surface area (Å²) < 4.78 is 11.5. The molecule has 4 nitrogen and oxygen atoms in total. The van der Waals surface area contributed by atoms with Gasteiger partial charge in [-0.25, -0.2) is 0 Å². The van der Waals surface area contributed by atoms with Crippen LogP contribution in [0.5, 0.6) is 0 Å². The molecule has 0 heterocycles. The predicted molar refractivity (Wildman–Crippen MR) is 42.3 cm³/mol. The molecule has 0 atom stereocenters. The third-order valence-corrected chi connectivity index (χ3v) is 6.50. The number of aliphatic imine (C=N–C) groups is 1. The summed E-state index contributed by atoms with van der Waals surface area (Å²) in [6.07, 6.45) is 2.34. The Balaban J connectivity index is 3.65. The Bertz CT molecular complexity index is 164. The number of carbonyl (C=O) groups excluding carboxylic acids is 1. The molecule has 0 rings (SSSR count). The Labute approximate surface area is 77.3 Å². The van der Waals surface area contributed by atoms with Gasteiger partial charge in [-0.1, -0.05) is 0 Å². The van der Waals surface area contributed by atoms with E-state index in [0.29, 0.717) is 6.54 Å². The van der Waals surface area contributed by atoms with Crippen LogP contribution in [-0.2, 0) is 28.8 Å². The molecule has 0 aromatic carbocycles. The third kappa shape index (κ3) is 4.80. The van der Waals surface area contributed by atoms with E-state index in [1.54, 1.807) is 14.2 Å². The van der Waals surface area contributed by atoms with Gasteiger partial charge in [0.2, 0.25) is 0 Å². The predicted octanol–water partition coefficient (Wildman–Crippen LogP) is 1.46.